The number of aromatic hydroxyl groups is 1. The number of phenolic OH excluding ortho intramolecular Hbond substituents is 1. The topological polar surface area (TPSA) is 176 Å². The van der Waals surface area contributed by atoms with Gasteiger partial charge in [-0.3, -0.25) is 24.2 Å². The number of aliphatic imine (C=N–C) groups is 1. The Labute approximate surface area is 348 Å². The predicted octanol–water partition coefficient (Wildman–Crippen LogP) is 6.12. The molecule has 1 aromatic carbocycles. The Kier molecular flexibility index (Phi) is 12.2. The number of fused-ring (bicyclic) bond motifs is 13. The summed E-state index contributed by atoms with van der Waals surface area (Å²) in [5.74, 6) is -5.61. The third kappa shape index (κ3) is 7.88. The number of Topliss-reactive ketones (excluding diaryl/α,β-unsaturated/α-hetero) is 2. The number of esters is 1. The second kappa shape index (κ2) is 16.4. The summed E-state index contributed by atoms with van der Waals surface area (Å²) in [5, 5.41) is 29.9. The minimum atomic E-state index is -1.83. The maximum absolute atomic E-state index is 14.7. The average molecular weight is 815 g/mol. The van der Waals surface area contributed by atoms with Gasteiger partial charge >= 0.3 is 11.8 Å². The molecule has 1 amide bonds. The van der Waals surface area contributed by atoms with E-state index in [9.17, 15) is 29.4 Å². The molecule has 9 atom stereocenters. The number of nitrogens with zero attached hydrogens (tertiary/aromatic N) is 2. The van der Waals surface area contributed by atoms with Crippen molar-refractivity contribution in [2.75, 3.05) is 20.1 Å². The largest absolute Gasteiger partial charge is 0.507 e. The number of likely N-dealkylation sites (tertiary alicyclic amines) is 1. The van der Waals surface area contributed by atoms with Crippen LogP contribution in [-0.2, 0) is 19.1 Å². The van der Waals surface area contributed by atoms with Gasteiger partial charge in [-0.1, -0.05) is 73.6 Å². The van der Waals surface area contributed by atoms with Crippen LogP contribution >= 0.6 is 0 Å². The quantitative estimate of drug-likeness (QED) is 0.253. The summed E-state index contributed by atoms with van der Waals surface area (Å²) in [6.07, 6.45) is 8.17. The second-order valence-corrected chi connectivity index (χ2v) is 18.1. The summed E-state index contributed by atoms with van der Waals surface area (Å²) in [5.41, 5.74) is 0.199. The molecule has 5 heterocycles. The zero-order valence-corrected chi connectivity index (χ0v) is 36.6. The molecular weight excluding hydrogens is 753 g/mol. The standard InChI is InChI=1S/C46H62N4O9/c1-22(2)44(56)58-40-24(4)14-13-15-25(5)43(55)47-36-35-34(48-46(49-35)17-19-50(12)20-18-46)31-32(39(36)53)38(52)30(10)41-33(31)42(54)45(11,59-41)57-21-16-23(3)26(6)27(7)28(8)37(51)29(40)9/h13-16,21-24,26-29,37,40,49,51-52H,17-20H2,1-12H3,(H,47,55)/b14-13+,21-16+,25-15-/t23-,24-,26+,27+,28-,29-,37-,40-,45-/m0/s1. The van der Waals surface area contributed by atoms with Crippen molar-refractivity contribution < 1.29 is 43.6 Å². The number of rotatable bonds is 2. The molecule has 5 bridgehead atoms. The molecule has 59 heavy (non-hydrogen) atoms. The fraction of sp³-hybridized carbons (Fsp3) is 0.587. The smallest absolute Gasteiger partial charge is 0.312 e. The minimum absolute atomic E-state index is 0.00807. The molecule has 0 unspecified atom stereocenters. The lowest BCUT2D eigenvalue weighted by Crippen LogP contribution is -2.49. The normalized spacial score (nSPS) is 34.6. The third-order valence-corrected chi connectivity index (χ3v) is 13.6. The molecule has 320 valence electrons. The van der Waals surface area contributed by atoms with Gasteiger partial charge in [0.25, 0.3) is 11.7 Å². The Morgan fingerprint density at radius 2 is 1.59 bits per heavy atom. The molecule has 0 radical (unpaired) electrons. The van der Waals surface area contributed by atoms with Gasteiger partial charge in [0.15, 0.2) is 0 Å². The van der Waals surface area contributed by atoms with Crippen LogP contribution in [0.2, 0.25) is 0 Å². The van der Waals surface area contributed by atoms with Gasteiger partial charge in [0.2, 0.25) is 5.78 Å². The van der Waals surface area contributed by atoms with Crippen LogP contribution in [0.15, 0.2) is 52.5 Å². The first-order chi connectivity index (χ1) is 27.6. The lowest BCUT2D eigenvalue weighted by molar-refractivity contribution is -0.161. The number of hydrogen-bond acceptors (Lipinski definition) is 12. The first-order valence-electron chi connectivity index (χ1n) is 21.0. The van der Waals surface area contributed by atoms with Gasteiger partial charge in [-0.25, -0.2) is 0 Å². The van der Waals surface area contributed by atoms with Gasteiger partial charge in [-0.05, 0) is 50.6 Å². The summed E-state index contributed by atoms with van der Waals surface area (Å²) in [6.45, 7) is 21.7. The van der Waals surface area contributed by atoms with E-state index in [0.29, 0.717) is 25.9 Å². The molecule has 6 aliphatic rings. The van der Waals surface area contributed by atoms with E-state index < -0.39 is 47.0 Å². The maximum atomic E-state index is 14.7. The molecule has 13 heteroatoms. The molecule has 1 fully saturated rings. The average Bonchev–Trinajstić information content (AvgIpc) is 3.70. The number of piperidine rings is 1. The van der Waals surface area contributed by atoms with E-state index in [2.05, 4.69) is 29.4 Å². The highest BCUT2D eigenvalue weighted by atomic mass is 16.7. The lowest BCUT2D eigenvalue weighted by atomic mass is 9.72. The van der Waals surface area contributed by atoms with Crippen molar-refractivity contribution in [2.45, 2.75) is 113 Å². The van der Waals surface area contributed by atoms with Gasteiger partial charge in [-0.2, -0.15) is 0 Å². The molecule has 0 saturated carbocycles. The van der Waals surface area contributed by atoms with Crippen LogP contribution in [0.25, 0.3) is 0 Å². The Morgan fingerprint density at radius 1 is 0.932 bits per heavy atom. The van der Waals surface area contributed by atoms with E-state index in [1.165, 1.54) is 13.2 Å². The number of ketones is 2. The van der Waals surface area contributed by atoms with Gasteiger partial charge in [0, 0.05) is 61.4 Å². The molecule has 4 N–H and O–H groups in total. The maximum Gasteiger partial charge on any atom is 0.312 e. The number of nitrogens with one attached hydrogen (secondary N) is 2. The molecule has 1 aromatic rings. The monoisotopic (exact) mass is 814 g/mol. The Balaban J connectivity index is 1.48. The predicted molar refractivity (Wildman–Crippen MR) is 224 cm³/mol. The van der Waals surface area contributed by atoms with E-state index in [-0.39, 0.29) is 97.9 Å². The first-order valence-corrected chi connectivity index (χ1v) is 21.0. The van der Waals surface area contributed by atoms with Crippen molar-refractivity contribution >= 4 is 29.2 Å². The van der Waals surface area contributed by atoms with Crippen molar-refractivity contribution in [3.63, 3.8) is 0 Å². The number of aliphatic hydroxyl groups excluding tert-OH is 1. The zero-order valence-electron chi connectivity index (χ0n) is 36.6. The number of ether oxygens (including phenoxy) is 3. The number of amides is 1. The summed E-state index contributed by atoms with van der Waals surface area (Å²) in [7, 11) is 2.02. The Hall–Kier alpha value is -4.75. The van der Waals surface area contributed by atoms with E-state index in [1.54, 1.807) is 39.8 Å². The highest BCUT2D eigenvalue weighted by Gasteiger charge is 2.54. The van der Waals surface area contributed by atoms with Crippen molar-refractivity contribution in [1.29, 1.82) is 0 Å². The van der Waals surface area contributed by atoms with Crippen LogP contribution in [-0.4, -0.2) is 88.1 Å². The fourth-order valence-corrected chi connectivity index (χ4v) is 8.87. The minimum Gasteiger partial charge on any atom is -0.507 e. The summed E-state index contributed by atoms with van der Waals surface area (Å²) in [6, 6.07) is 0. The van der Waals surface area contributed by atoms with Crippen LogP contribution < -0.4 is 15.4 Å². The van der Waals surface area contributed by atoms with Crippen LogP contribution in [0, 0.1) is 48.3 Å². The van der Waals surface area contributed by atoms with Crippen molar-refractivity contribution in [3.05, 3.63) is 69.8 Å². The molecule has 7 rings (SSSR count). The third-order valence-electron chi connectivity index (χ3n) is 13.6. The number of allylic oxidation sites excluding steroid dienone is 5. The van der Waals surface area contributed by atoms with Gasteiger partial charge in [-0.15, -0.1) is 0 Å². The van der Waals surface area contributed by atoms with E-state index in [4.69, 9.17) is 19.2 Å². The second-order valence-electron chi connectivity index (χ2n) is 18.1. The number of carbonyl (C=O) groups excluding carboxylic acids is 4. The molecule has 13 nitrogen and oxygen atoms in total. The summed E-state index contributed by atoms with van der Waals surface area (Å²) < 4.78 is 18.5. The van der Waals surface area contributed by atoms with Crippen LogP contribution in [0.3, 0.4) is 0 Å². The van der Waals surface area contributed by atoms with E-state index in [0.717, 1.165) is 0 Å². The molecule has 0 aromatic heterocycles. The van der Waals surface area contributed by atoms with Crippen molar-refractivity contribution in [1.82, 2.24) is 15.5 Å². The number of phenols is 1. The zero-order chi connectivity index (χ0) is 43.5. The van der Waals surface area contributed by atoms with Gasteiger partial charge in [0.05, 0.1) is 40.8 Å². The van der Waals surface area contributed by atoms with Gasteiger partial charge < -0.3 is 40.0 Å². The molecule has 1 saturated heterocycles. The number of hydrogen-bond donors (Lipinski definition) is 4. The number of aliphatic hydroxyl groups is 1. The lowest BCUT2D eigenvalue weighted by Gasteiger charge is -2.38. The molecular formula is C46H62N4O9. The molecule has 5 aliphatic heterocycles. The first kappa shape index (κ1) is 43.8. The van der Waals surface area contributed by atoms with Crippen LogP contribution in [0.4, 0.5) is 0 Å². The number of carbonyl (C=O) groups is 4. The highest BCUT2D eigenvalue weighted by molar-refractivity contribution is 6.34. The van der Waals surface area contributed by atoms with Crippen LogP contribution in [0.1, 0.15) is 114 Å². The molecule has 1 aliphatic carbocycles. The summed E-state index contributed by atoms with van der Waals surface area (Å²) in [4.78, 5) is 63.5. The van der Waals surface area contributed by atoms with Crippen molar-refractivity contribution in [2.24, 2.45) is 46.4 Å². The van der Waals surface area contributed by atoms with Crippen molar-refractivity contribution in [3.8, 4) is 11.5 Å². The van der Waals surface area contributed by atoms with Crippen LogP contribution in [0.5, 0.6) is 11.5 Å². The van der Waals surface area contributed by atoms with E-state index in [1.807, 2.05) is 46.9 Å². The number of benzene rings is 1. The van der Waals surface area contributed by atoms with E-state index >= 15 is 0 Å². The fourth-order valence-electron chi connectivity index (χ4n) is 8.87. The highest BCUT2D eigenvalue weighted by Crippen LogP contribution is 2.50. The molecule has 1 spiro atoms. The van der Waals surface area contributed by atoms with Gasteiger partial charge in [0.1, 0.15) is 29.0 Å². The SMILES string of the molecule is C/C1=C/C=C/[C@H](C)[C@H](OC(=O)C(C)C)[C@@H](C)[C@@H](O)[C@@H](C)[C@H](C)[C@H](C)[C@@H](C)/C=C/O[C@@]2(C)Oc3c(C)c(O)c4c(c3C2=O)C2=NC3(CCN(C)CC3)NC2=C(NC1=O)C4=O. The Morgan fingerprint density at radius 3 is 2.24 bits per heavy atom. The Bertz CT molecular complexity index is 2070. The summed E-state index contributed by atoms with van der Waals surface area (Å²) >= 11 is 0.